The van der Waals surface area contributed by atoms with Gasteiger partial charge in [-0.2, -0.15) is 0 Å². The van der Waals surface area contributed by atoms with E-state index in [1.165, 1.54) is 30.2 Å². The fourth-order valence-corrected chi connectivity index (χ4v) is 3.54. The molecule has 0 amide bonds. The van der Waals surface area contributed by atoms with Crippen LogP contribution >= 0.6 is 0 Å². The summed E-state index contributed by atoms with van der Waals surface area (Å²) in [5, 5.41) is 1.17. The zero-order valence-electron chi connectivity index (χ0n) is 15.2. The van der Waals surface area contributed by atoms with Crippen molar-refractivity contribution in [3.63, 3.8) is 0 Å². The minimum Gasteiger partial charge on any atom is -0.308 e. The van der Waals surface area contributed by atoms with Crippen LogP contribution in [-0.4, -0.2) is 48.1 Å². The lowest BCUT2D eigenvalue weighted by Crippen LogP contribution is -2.34. The SMILES string of the molecule is Cc1ccc2cc(CN3CCCCC3)c(=O)n(CCN(C)C)c2c1. The molecule has 0 N–H and O–H groups in total. The lowest BCUT2D eigenvalue weighted by atomic mass is 10.1. The number of hydrogen-bond acceptors (Lipinski definition) is 3. The summed E-state index contributed by atoms with van der Waals surface area (Å²) >= 11 is 0. The highest BCUT2D eigenvalue weighted by Crippen LogP contribution is 2.18. The molecule has 1 aliphatic heterocycles. The molecular weight excluding hydrogens is 298 g/mol. The molecule has 4 heteroatoms. The van der Waals surface area contributed by atoms with Gasteiger partial charge >= 0.3 is 0 Å². The van der Waals surface area contributed by atoms with E-state index in [0.29, 0.717) is 0 Å². The summed E-state index contributed by atoms with van der Waals surface area (Å²) in [5.41, 5.74) is 3.38. The largest absolute Gasteiger partial charge is 0.308 e. The molecule has 0 bridgehead atoms. The van der Waals surface area contributed by atoms with Gasteiger partial charge in [0, 0.05) is 25.2 Å². The molecule has 1 saturated heterocycles. The smallest absolute Gasteiger partial charge is 0.255 e. The van der Waals surface area contributed by atoms with E-state index in [4.69, 9.17) is 0 Å². The molecule has 130 valence electrons. The molecule has 1 aliphatic rings. The van der Waals surface area contributed by atoms with Crippen molar-refractivity contribution in [1.29, 1.82) is 0 Å². The Morgan fingerprint density at radius 2 is 1.83 bits per heavy atom. The predicted molar refractivity (Wildman–Crippen MR) is 101 cm³/mol. The molecule has 3 rings (SSSR count). The van der Waals surface area contributed by atoms with E-state index in [-0.39, 0.29) is 5.56 Å². The van der Waals surface area contributed by atoms with E-state index in [9.17, 15) is 4.79 Å². The fourth-order valence-electron chi connectivity index (χ4n) is 3.54. The molecular formula is C20H29N3O. The minimum atomic E-state index is 0.181. The summed E-state index contributed by atoms with van der Waals surface area (Å²) in [7, 11) is 4.10. The second kappa shape index (κ2) is 7.49. The number of aryl methyl sites for hydroxylation is 1. The van der Waals surface area contributed by atoms with E-state index in [1.54, 1.807) is 0 Å². The van der Waals surface area contributed by atoms with Crippen molar-refractivity contribution < 1.29 is 0 Å². The average molecular weight is 327 g/mol. The lowest BCUT2D eigenvalue weighted by molar-refractivity contribution is 0.220. The third kappa shape index (κ3) is 3.87. The molecule has 0 spiro atoms. The molecule has 0 unspecified atom stereocenters. The van der Waals surface area contributed by atoms with Crippen LogP contribution in [0, 0.1) is 6.92 Å². The van der Waals surface area contributed by atoms with Crippen molar-refractivity contribution in [1.82, 2.24) is 14.4 Å². The van der Waals surface area contributed by atoms with Crippen molar-refractivity contribution in [3.8, 4) is 0 Å². The van der Waals surface area contributed by atoms with Gasteiger partial charge in [-0.05, 0) is 70.0 Å². The number of nitrogens with zero attached hydrogens (tertiary/aromatic N) is 3. The monoisotopic (exact) mass is 327 g/mol. The normalized spacial score (nSPS) is 16.2. The number of likely N-dealkylation sites (N-methyl/N-ethyl adjacent to an activating group) is 1. The number of likely N-dealkylation sites (tertiary alicyclic amines) is 1. The number of rotatable bonds is 5. The molecule has 0 atom stereocenters. The summed E-state index contributed by atoms with van der Waals surface area (Å²) in [5.74, 6) is 0. The summed E-state index contributed by atoms with van der Waals surface area (Å²) in [6, 6.07) is 8.53. The predicted octanol–water partition coefficient (Wildman–Crippen LogP) is 2.86. The van der Waals surface area contributed by atoms with E-state index in [1.807, 2.05) is 4.57 Å². The highest BCUT2D eigenvalue weighted by molar-refractivity contribution is 5.80. The van der Waals surface area contributed by atoms with Crippen molar-refractivity contribution in [3.05, 3.63) is 45.7 Å². The molecule has 4 nitrogen and oxygen atoms in total. The number of aromatic nitrogens is 1. The third-order valence-electron chi connectivity index (χ3n) is 4.94. The van der Waals surface area contributed by atoms with E-state index in [2.05, 4.69) is 55.1 Å². The number of fused-ring (bicyclic) bond motifs is 1. The van der Waals surface area contributed by atoms with Crippen molar-refractivity contribution in [2.75, 3.05) is 33.7 Å². The first-order valence-electron chi connectivity index (χ1n) is 9.05. The molecule has 2 heterocycles. The average Bonchev–Trinajstić information content (AvgIpc) is 2.56. The lowest BCUT2D eigenvalue weighted by Gasteiger charge is -2.26. The van der Waals surface area contributed by atoms with Gasteiger partial charge in [0.1, 0.15) is 0 Å². The maximum atomic E-state index is 13.1. The Morgan fingerprint density at radius 3 is 2.54 bits per heavy atom. The Bertz CT molecular complexity index is 757. The first-order chi connectivity index (χ1) is 11.5. The second-order valence-corrected chi connectivity index (χ2v) is 7.33. The van der Waals surface area contributed by atoms with Gasteiger partial charge in [-0.15, -0.1) is 0 Å². The number of hydrogen-bond donors (Lipinski definition) is 0. The van der Waals surface area contributed by atoms with Crippen molar-refractivity contribution in [2.24, 2.45) is 0 Å². The van der Waals surface area contributed by atoms with Crippen molar-refractivity contribution in [2.45, 2.75) is 39.3 Å². The van der Waals surface area contributed by atoms with Gasteiger partial charge < -0.3 is 9.47 Å². The summed E-state index contributed by atoms with van der Waals surface area (Å²) in [6.45, 7) is 6.70. The zero-order valence-corrected chi connectivity index (χ0v) is 15.2. The Morgan fingerprint density at radius 1 is 1.08 bits per heavy atom. The quantitative estimate of drug-likeness (QED) is 0.845. The molecule has 1 fully saturated rings. The van der Waals surface area contributed by atoms with E-state index >= 15 is 0 Å². The molecule has 0 aliphatic carbocycles. The summed E-state index contributed by atoms with van der Waals surface area (Å²) in [6.07, 6.45) is 3.82. The summed E-state index contributed by atoms with van der Waals surface area (Å²) in [4.78, 5) is 17.7. The number of benzene rings is 1. The van der Waals surface area contributed by atoms with Gasteiger partial charge in [0.2, 0.25) is 0 Å². The van der Waals surface area contributed by atoms with Crippen LogP contribution < -0.4 is 5.56 Å². The zero-order chi connectivity index (χ0) is 17.1. The highest BCUT2D eigenvalue weighted by Gasteiger charge is 2.15. The van der Waals surface area contributed by atoms with Crippen LogP contribution in [0.2, 0.25) is 0 Å². The van der Waals surface area contributed by atoms with Gasteiger partial charge in [-0.1, -0.05) is 18.6 Å². The van der Waals surface area contributed by atoms with Crippen molar-refractivity contribution >= 4 is 10.9 Å². The molecule has 1 aromatic heterocycles. The standard InChI is InChI=1S/C20H29N3O/c1-16-7-8-17-14-18(15-22-9-5-4-6-10-22)20(24)23(19(17)13-16)12-11-21(2)3/h7-8,13-14H,4-6,9-12,15H2,1-3H3. The maximum absolute atomic E-state index is 13.1. The third-order valence-corrected chi connectivity index (χ3v) is 4.94. The van der Waals surface area contributed by atoms with Crippen LogP contribution in [0.1, 0.15) is 30.4 Å². The van der Waals surface area contributed by atoms with Crippen LogP contribution in [0.25, 0.3) is 10.9 Å². The summed E-state index contributed by atoms with van der Waals surface area (Å²) < 4.78 is 1.97. The fraction of sp³-hybridized carbons (Fsp3) is 0.550. The van der Waals surface area contributed by atoms with Crippen LogP contribution in [-0.2, 0) is 13.1 Å². The molecule has 0 saturated carbocycles. The van der Waals surface area contributed by atoms with Gasteiger partial charge in [-0.25, -0.2) is 0 Å². The van der Waals surface area contributed by atoms with E-state index in [0.717, 1.165) is 43.8 Å². The molecule has 0 radical (unpaired) electrons. The van der Waals surface area contributed by atoms with Gasteiger partial charge in [0.25, 0.3) is 5.56 Å². The van der Waals surface area contributed by atoms with Crippen LogP contribution in [0.5, 0.6) is 0 Å². The molecule has 2 aromatic rings. The van der Waals surface area contributed by atoms with Gasteiger partial charge in [0.15, 0.2) is 0 Å². The first kappa shape index (κ1) is 17.2. The highest BCUT2D eigenvalue weighted by atomic mass is 16.1. The molecule has 1 aromatic carbocycles. The topological polar surface area (TPSA) is 28.5 Å². The maximum Gasteiger partial charge on any atom is 0.255 e. The van der Waals surface area contributed by atoms with Gasteiger partial charge in [0.05, 0.1) is 5.52 Å². The number of piperidine rings is 1. The van der Waals surface area contributed by atoms with Crippen LogP contribution in [0.15, 0.2) is 29.1 Å². The number of pyridine rings is 1. The second-order valence-electron chi connectivity index (χ2n) is 7.33. The van der Waals surface area contributed by atoms with Crippen LogP contribution in [0.4, 0.5) is 0 Å². The Kier molecular flexibility index (Phi) is 5.36. The minimum absolute atomic E-state index is 0.181. The Hall–Kier alpha value is -1.65. The molecule has 24 heavy (non-hydrogen) atoms. The Balaban J connectivity index is 2.01. The van der Waals surface area contributed by atoms with E-state index < -0.39 is 0 Å². The van der Waals surface area contributed by atoms with Gasteiger partial charge in [-0.3, -0.25) is 9.69 Å². The first-order valence-corrected chi connectivity index (χ1v) is 9.05. The Labute approximate surface area is 144 Å². The van der Waals surface area contributed by atoms with Crippen LogP contribution in [0.3, 0.4) is 0 Å².